The largest absolute Gasteiger partial charge is 0.395 e. The first-order valence-corrected chi connectivity index (χ1v) is 11.4. The number of piperazine rings is 2. The van der Waals surface area contributed by atoms with E-state index in [-0.39, 0.29) is 63.7 Å². The van der Waals surface area contributed by atoms with E-state index in [1.165, 1.54) is 46.2 Å². The van der Waals surface area contributed by atoms with Gasteiger partial charge < -0.3 is 19.6 Å². The molecule has 36 heavy (non-hydrogen) atoms. The monoisotopic (exact) mass is 514 g/mol. The Labute approximate surface area is 203 Å². The summed E-state index contributed by atoms with van der Waals surface area (Å²) in [5, 5.41) is 0. The Kier molecular flexibility index (Phi) is 7.05. The number of hydrogen-bond donors (Lipinski definition) is 0. The van der Waals surface area contributed by atoms with E-state index in [2.05, 4.69) is 0 Å². The van der Waals surface area contributed by atoms with E-state index >= 15 is 0 Å². The third kappa shape index (κ3) is 4.68. The summed E-state index contributed by atoms with van der Waals surface area (Å²) in [5.74, 6) is -15.9. The summed E-state index contributed by atoms with van der Waals surface area (Å²) >= 11 is 0. The van der Waals surface area contributed by atoms with Gasteiger partial charge in [-0.2, -0.15) is 17.6 Å². The number of anilines is 2. The number of para-hydroxylation sites is 2. The minimum Gasteiger partial charge on any atom is -0.366 e. The number of nitrogens with zero attached hydrogens (tertiary/aromatic N) is 4. The standard InChI is InChI=1S/C24H24F6N4O2/c25-17-5-1-3-7-19(17)31-9-13-33(14-10-31)21(35)23(27,28)24(29,30)22(36)34-15-11-32(12-16-34)20-8-4-2-6-18(20)26/h1-8H,9-16H2. The fourth-order valence-corrected chi connectivity index (χ4v) is 4.38. The Morgan fingerprint density at radius 1 is 0.556 bits per heavy atom. The van der Waals surface area contributed by atoms with Gasteiger partial charge in [0.05, 0.1) is 11.4 Å². The molecule has 2 aromatic carbocycles. The molecule has 2 aliphatic heterocycles. The maximum Gasteiger partial charge on any atom is 0.395 e. The molecule has 0 N–H and O–H groups in total. The predicted octanol–water partition coefficient (Wildman–Crippen LogP) is 3.23. The Morgan fingerprint density at radius 3 is 1.17 bits per heavy atom. The normalized spacial score (nSPS) is 17.4. The SMILES string of the molecule is O=C(N1CCN(c2ccccc2F)CC1)C(F)(F)C(F)(F)C(=O)N1CCN(c2ccccc2F)CC1. The van der Waals surface area contributed by atoms with Crippen LogP contribution in [0.3, 0.4) is 0 Å². The van der Waals surface area contributed by atoms with Crippen LogP contribution in [0.1, 0.15) is 0 Å². The van der Waals surface area contributed by atoms with Gasteiger partial charge in [0.25, 0.3) is 11.8 Å². The average molecular weight is 514 g/mol. The van der Waals surface area contributed by atoms with Gasteiger partial charge in [0.2, 0.25) is 0 Å². The average Bonchev–Trinajstić information content (AvgIpc) is 2.88. The lowest BCUT2D eigenvalue weighted by Gasteiger charge is -2.40. The van der Waals surface area contributed by atoms with Crippen molar-refractivity contribution in [2.75, 3.05) is 62.2 Å². The van der Waals surface area contributed by atoms with Crippen molar-refractivity contribution >= 4 is 23.2 Å². The molecule has 0 radical (unpaired) electrons. The Morgan fingerprint density at radius 2 is 0.861 bits per heavy atom. The highest BCUT2D eigenvalue weighted by molar-refractivity contribution is 5.95. The summed E-state index contributed by atoms with van der Waals surface area (Å²) in [6.45, 7) is -1.52. The molecule has 0 aromatic heterocycles. The first kappa shape index (κ1) is 25.6. The van der Waals surface area contributed by atoms with Gasteiger partial charge in [-0.15, -0.1) is 0 Å². The summed E-state index contributed by atoms with van der Waals surface area (Å²) in [6, 6.07) is 11.6. The molecule has 2 fully saturated rings. The van der Waals surface area contributed by atoms with Crippen LogP contribution in [0.5, 0.6) is 0 Å². The fraction of sp³-hybridized carbons (Fsp3) is 0.417. The molecule has 0 spiro atoms. The van der Waals surface area contributed by atoms with E-state index in [1.807, 2.05) is 0 Å². The number of alkyl halides is 4. The molecule has 12 heteroatoms. The maximum atomic E-state index is 14.7. The van der Waals surface area contributed by atoms with Gasteiger partial charge in [0.1, 0.15) is 11.6 Å². The molecule has 0 unspecified atom stereocenters. The van der Waals surface area contributed by atoms with Crippen LogP contribution >= 0.6 is 0 Å². The van der Waals surface area contributed by atoms with Crippen LogP contribution < -0.4 is 9.80 Å². The van der Waals surface area contributed by atoms with Crippen molar-refractivity contribution in [3.8, 4) is 0 Å². The van der Waals surface area contributed by atoms with Gasteiger partial charge in [-0.05, 0) is 24.3 Å². The minimum absolute atomic E-state index is 0.0414. The lowest BCUT2D eigenvalue weighted by atomic mass is 10.1. The topological polar surface area (TPSA) is 47.1 Å². The van der Waals surface area contributed by atoms with Crippen LogP contribution in [0, 0.1) is 11.6 Å². The zero-order valence-corrected chi connectivity index (χ0v) is 19.1. The van der Waals surface area contributed by atoms with Gasteiger partial charge in [0, 0.05) is 52.4 Å². The second-order valence-electron chi connectivity index (χ2n) is 8.61. The van der Waals surface area contributed by atoms with Crippen LogP contribution in [-0.4, -0.2) is 85.8 Å². The zero-order chi connectivity index (χ0) is 26.1. The number of rotatable bonds is 5. The zero-order valence-electron chi connectivity index (χ0n) is 19.1. The van der Waals surface area contributed by atoms with E-state index < -0.39 is 35.3 Å². The number of hydrogen-bond acceptors (Lipinski definition) is 4. The van der Waals surface area contributed by atoms with Crippen molar-refractivity contribution in [2.24, 2.45) is 0 Å². The fourth-order valence-electron chi connectivity index (χ4n) is 4.38. The summed E-state index contributed by atoms with van der Waals surface area (Å²) in [5.41, 5.74) is 0.429. The molecule has 0 atom stereocenters. The van der Waals surface area contributed by atoms with E-state index in [9.17, 15) is 35.9 Å². The number of carbonyl (C=O) groups excluding carboxylic acids is 2. The second kappa shape index (κ2) is 9.90. The molecule has 0 saturated carbocycles. The van der Waals surface area contributed by atoms with E-state index in [1.54, 1.807) is 12.1 Å². The van der Waals surface area contributed by atoms with E-state index in [4.69, 9.17) is 0 Å². The molecule has 2 aliphatic rings. The Hall–Kier alpha value is -3.44. The molecule has 0 aliphatic carbocycles. The highest BCUT2D eigenvalue weighted by atomic mass is 19.3. The van der Waals surface area contributed by atoms with Gasteiger partial charge in [-0.3, -0.25) is 9.59 Å². The molecule has 4 rings (SSSR count). The van der Waals surface area contributed by atoms with E-state index in [0.29, 0.717) is 9.80 Å². The maximum absolute atomic E-state index is 14.7. The van der Waals surface area contributed by atoms with E-state index in [0.717, 1.165) is 0 Å². The summed E-state index contributed by atoms with van der Waals surface area (Å²) in [7, 11) is 0. The smallest absolute Gasteiger partial charge is 0.366 e. The Bertz CT molecular complexity index is 1030. The first-order valence-electron chi connectivity index (χ1n) is 11.4. The third-order valence-electron chi connectivity index (χ3n) is 6.45. The second-order valence-corrected chi connectivity index (χ2v) is 8.61. The van der Waals surface area contributed by atoms with Crippen LogP contribution in [0.25, 0.3) is 0 Å². The lowest BCUT2D eigenvalue weighted by Crippen LogP contribution is -2.64. The van der Waals surface area contributed by atoms with Crippen molar-refractivity contribution in [3.63, 3.8) is 0 Å². The molecule has 6 nitrogen and oxygen atoms in total. The van der Waals surface area contributed by atoms with Crippen molar-refractivity contribution < 1.29 is 35.9 Å². The van der Waals surface area contributed by atoms with Crippen molar-refractivity contribution in [1.29, 1.82) is 0 Å². The van der Waals surface area contributed by atoms with Crippen LogP contribution in [0.2, 0.25) is 0 Å². The number of carbonyl (C=O) groups is 2. The van der Waals surface area contributed by atoms with Crippen LogP contribution in [-0.2, 0) is 9.59 Å². The molecule has 2 aromatic rings. The van der Waals surface area contributed by atoms with Crippen molar-refractivity contribution in [2.45, 2.75) is 11.8 Å². The van der Waals surface area contributed by atoms with Crippen LogP contribution in [0.15, 0.2) is 48.5 Å². The third-order valence-corrected chi connectivity index (χ3v) is 6.45. The number of benzene rings is 2. The summed E-state index contributed by atoms with van der Waals surface area (Å²) in [6.07, 6.45) is 0. The van der Waals surface area contributed by atoms with Gasteiger partial charge in [0.15, 0.2) is 0 Å². The number of halogens is 6. The van der Waals surface area contributed by atoms with Crippen molar-refractivity contribution in [3.05, 3.63) is 60.2 Å². The lowest BCUT2D eigenvalue weighted by molar-refractivity contribution is -0.223. The molecule has 2 amide bonds. The molecular formula is C24H24F6N4O2. The van der Waals surface area contributed by atoms with Gasteiger partial charge >= 0.3 is 11.8 Å². The molecule has 0 bridgehead atoms. The Balaban J connectivity index is 1.38. The molecule has 194 valence electrons. The van der Waals surface area contributed by atoms with Crippen molar-refractivity contribution in [1.82, 2.24) is 9.80 Å². The summed E-state index contributed by atoms with van der Waals surface area (Å²) in [4.78, 5) is 29.0. The highest BCUT2D eigenvalue weighted by Crippen LogP contribution is 2.38. The highest BCUT2D eigenvalue weighted by Gasteiger charge is 2.68. The molecule has 2 heterocycles. The van der Waals surface area contributed by atoms with Gasteiger partial charge in [-0.1, -0.05) is 24.3 Å². The molecular weight excluding hydrogens is 490 g/mol. The molecule has 2 saturated heterocycles. The number of amides is 2. The summed E-state index contributed by atoms with van der Waals surface area (Å²) < 4.78 is 86.9. The first-order chi connectivity index (χ1) is 17.0. The predicted molar refractivity (Wildman–Crippen MR) is 120 cm³/mol. The quantitative estimate of drug-likeness (QED) is 0.575. The van der Waals surface area contributed by atoms with Gasteiger partial charge in [-0.25, -0.2) is 8.78 Å². The minimum atomic E-state index is -5.27. The van der Waals surface area contributed by atoms with Crippen LogP contribution in [0.4, 0.5) is 37.7 Å².